The van der Waals surface area contributed by atoms with Crippen LogP contribution in [0.1, 0.15) is 12.5 Å². The lowest BCUT2D eigenvalue weighted by Gasteiger charge is -2.10. The van der Waals surface area contributed by atoms with E-state index in [1.165, 1.54) is 18.2 Å². The summed E-state index contributed by atoms with van der Waals surface area (Å²) >= 11 is 3.25. The van der Waals surface area contributed by atoms with Crippen molar-refractivity contribution in [2.75, 3.05) is 13.7 Å². The highest BCUT2D eigenvalue weighted by Crippen LogP contribution is 2.16. The molecule has 3 nitrogen and oxygen atoms in total. The Morgan fingerprint density at radius 3 is 3.00 bits per heavy atom. The first-order valence-electron chi connectivity index (χ1n) is 5.45. The zero-order valence-electron chi connectivity index (χ0n) is 10.2. The van der Waals surface area contributed by atoms with Gasteiger partial charge in [-0.1, -0.05) is 15.9 Å². The number of carbonyl (C=O) groups is 1. The van der Waals surface area contributed by atoms with E-state index in [9.17, 15) is 9.18 Å². The number of methoxy groups -OCH3 is 1. The maximum Gasteiger partial charge on any atom is 0.244 e. The summed E-state index contributed by atoms with van der Waals surface area (Å²) in [5.74, 6) is -0.647. The minimum atomic E-state index is -0.368. The second-order valence-electron chi connectivity index (χ2n) is 3.86. The average Bonchev–Trinajstić information content (AvgIpc) is 2.30. The first kappa shape index (κ1) is 14.9. The van der Waals surface area contributed by atoms with Crippen molar-refractivity contribution in [2.24, 2.45) is 0 Å². The molecule has 1 N–H and O–H groups in total. The molecule has 1 unspecified atom stereocenters. The molecule has 0 spiro atoms. The van der Waals surface area contributed by atoms with Crippen molar-refractivity contribution in [3.8, 4) is 0 Å². The van der Waals surface area contributed by atoms with Crippen molar-refractivity contribution in [1.82, 2.24) is 5.32 Å². The molecule has 0 heterocycles. The summed E-state index contributed by atoms with van der Waals surface area (Å²) in [6.45, 7) is 2.26. The topological polar surface area (TPSA) is 38.3 Å². The molecule has 1 aromatic rings. The van der Waals surface area contributed by atoms with Crippen LogP contribution in [-0.4, -0.2) is 25.7 Å². The molecule has 1 amide bonds. The van der Waals surface area contributed by atoms with Gasteiger partial charge in [-0.3, -0.25) is 4.79 Å². The van der Waals surface area contributed by atoms with Gasteiger partial charge in [0, 0.05) is 29.3 Å². The van der Waals surface area contributed by atoms with Crippen LogP contribution >= 0.6 is 15.9 Å². The number of halogens is 2. The summed E-state index contributed by atoms with van der Waals surface area (Å²) in [5.41, 5.74) is 0.360. The van der Waals surface area contributed by atoms with E-state index in [4.69, 9.17) is 4.74 Å². The van der Waals surface area contributed by atoms with E-state index in [-0.39, 0.29) is 17.8 Å². The van der Waals surface area contributed by atoms with E-state index < -0.39 is 0 Å². The van der Waals surface area contributed by atoms with E-state index in [1.807, 2.05) is 6.92 Å². The molecule has 0 aliphatic rings. The molecule has 98 valence electrons. The maximum atomic E-state index is 13.4. The van der Waals surface area contributed by atoms with Gasteiger partial charge in [0.15, 0.2) is 0 Å². The van der Waals surface area contributed by atoms with Crippen molar-refractivity contribution < 1.29 is 13.9 Å². The summed E-state index contributed by atoms with van der Waals surface area (Å²) in [4.78, 5) is 11.5. The standard InChI is InChI=1S/C13H15BrFNO2/c1-9(8-18-2)16-13(17)6-3-10-7-11(14)4-5-12(10)15/h3-7,9H,8H2,1-2H3,(H,16,17)/b6-3+. The van der Waals surface area contributed by atoms with E-state index in [0.717, 1.165) is 4.47 Å². The summed E-state index contributed by atoms with van der Waals surface area (Å²) in [7, 11) is 1.56. The van der Waals surface area contributed by atoms with Crippen LogP contribution in [0.5, 0.6) is 0 Å². The van der Waals surface area contributed by atoms with Gasteiger partial charge in [-0.2, -0.15) is 0 Å². The predicted molar refractivity (Wildman–Crippen MR) is 72.6 cm³/mol. The summed E-state index contributed by atoms with van der Waals surface area (Å²) < 4.78 is 19.0. The van der Waals surface area contributed by atoms with Gasteiger partial charge in [0.2, 0.25) is 5.91 Å². The smallest absolute Gasteiger partial charge is 0.244 e. The number of carbonyl (C=O) groups excluding carboxylic acids is 1. The molecule has 1 aromatic carbocycles. The fraction of sp³-hybridized carbons (Fsp3) is 0.308. The SMILES string of the molecule is COCC(C)NC(=O)/C=C/c1cc(Br)ccc1F. The van der Waals surface area contributed by atoms with Crippen molar-refractivity contribution in [3.63, 3.8) is 0 Å². The average molecular weight is 316 g/mol. The zero-order valence-corrected chi connectivity index (χ0v) is 11.8. The summed E-state index contributed by atoms with van der Waals surface area (Å²) in [6, 6.07) is 4.47. The largest absolute Gasteiger partial charge is 0.383 e. The van der Waals surface area contributed by atoms with E-state index in [2.05, 4.69) is 21.2 Å². The van der Waals surface area contributed by atoms with Gasteiger partial charge in [-0.05, 0) is 31.2 Å². The van der Waals surface area contributed by atoms with E-state index in [1.54, 1.807) is 19.2 Å². The molecule has 1 rings (SSSR count). The van der Waals surface area contributed by atoms with Crippen molar-refractivity contribution in [1.29, 1.82) is 0 Å². The molecule has 0 radical (unpaired) electrons. The highest BCUT2D eigenvalue weighted by molar-refractivity contribution is 9.10. The highest BCUT2D eigenvalue weighted by atomic mass is 79.9. The Balaban J connectivity index is 2.63. The van der Waals surface area contributed by atoms with Crippen LogP contribution in [0.3, 0.4) is 0 Å². The molecule has 0 aliphatic heterocycles. The molecular formula is C13H15BrFNO2. The van der Waals surface area contributed by atoms with Gasteiger partial charge in [0.25, 0.3) is 0 Å². The Morgan fingerprint density at radius 1 is 1.61 bits per heavy atom. The third-order valence-electron chi connectivity index (χ3n) is 2.18. The monoisotopic (exact) mass is 315 g/mol. The van der Waals surface area contributed by atoms with Gasteiger partial charge in [0.1, 0.15) is 5.82 Å². The second-order valence-corrected chi connectivity index (χ2v) is 4.78. The lowest BCUT2D eigenvalue weighted by molar-refractivity contribution is -0.117. The van der Waals surface area contributed by atoms with Gasteiger partial charge in [0.05, 0.1) is 6.61 Å². The predicted octanol–water partition coefficient (Wildman–Crippen LogP) is 2.75. The minimum Gasteiger partial charge on any atom is -0.383 e. The Bertz CT molecular complexity index is 449. The fourth-order valence-electron chi connectivity index (χ4n) is 1.39. The van der Waals surface area contributed by atoms with E-state index >= 15 is 0 Å². The molecule has 0 bridgehead atoms. The molecule has 0 aliphatic carbocycles. The normalized spacial score (nSPS) is 12.7. The lowest BCUT2D eigenvalue weighted by atomic mass is 10.2. The number of amides is 1. The highest BCUT2D eigenvalue weighted by Gasteiger charge is 2.04. The van der Waals surface area contributed by atoms with Gasteiger partial charge < -0.3 is 10.1 Å². The first-order valence-corrected chi connectivity index (χ1v) is 6.25. The number of benzene rings is 1. The molecule has 0 saturated carbocycles. The van der Waals surface area contributed by atoms with Crippen molar-refractivity contribution in [2.45, 2.75) is 13.0 Å². The number of rotatable bonds is 5. The third kappa shape index (κ3) is 4.98. The maximum absolute atomic E-state index is 13.4. The van der Waals surface area contributed by atoms with Crippen LogP contribution < -0.4 is 5.32 Å². The number of ether oxygens (including phenoxy) is 1. The van der Waals surface area contributed by atoms with Gasteiger partial charge in [-0.25, -0.2) is 4.39 Å². The third-order valence-corrected chi connectivity index (χ3v) is 2.67. The van der Waals surface area contributed by atoms with Gasteiger partial charge >= 0.3 is 0 Å². The number of hydrogen-bond donors (Lipinski definition) is 1. The minimum absolute atomic E-state index is 0.0838. The molecular weight excluding hydrogens is 301 g/mol. The number of hydrogen-bond acceptors (Lipinski definition) is 2. The molecule has 1 atom stereocenters. The molecule has 5 heteroatoms. The fourth-order valence-corrected chi connectivity index (χ4v) is 1.77. The quantitative estimate of drug-likeness (QED) is 0.848. The molecule has 0 saturated heterocycles. The Morgan fingerprint density at radius 2 is 2.33 bits per heavy atom. The van der Waals surface area contributed by atoms with Crippen LogP contribution in [0, 0.1) is 5.82 Å². The number of nitrogens with one attached hydrogen (secondary N) is 1. The van der Waals surface area contributed by atoms with Gasteiger partial charge in [-0.15, -0.1) is 0 Å². The van der Waals surface area contributed by atoms with Crippen molar-refractivity contribution in [3.05, 3.63) is 40.1 Å². The molecule has 18 heavy (non-hydrogen) atoms. The Labute approximate surface area is 114 Å². The van der Waals surface area contributed by atoms with Crippen molar-refractivity contribution >= 4 is 27.9 Å². The summed E-state index contributed by atoms with van der Waals surface area (Å²) in [5, 5.41) is 2.70. The molecule has 0 aromatic heterocycles. The second kappa shape index (κ2) is 7.28. The van der Waals surface area contributed by atoms with Crippen LogP contribution in [0.25, 0.3) is 6.08 Å². The first-order chi connectivity index (χ1) is 8.52. The van der Waals surface area contributed by atoms with Crippen LogP contribution in [0.4, 0.5) is 4.39 Å². The van der Waals surface area contributed by atoms with Crippen LogP contribution in [-0.2, 0) is 9.53 Å². The summed E-state index contributed by atoms with van der Waals surface area (Å²) in [6.07, 6.45) is 2.74. The van der Waals surface area contributed by atoms with E-state index in [0.29, 0.717) is 12.2 Å². The molecule has 0 fully saturated rings. The Kier molecular flexibility index (Phi) is 6.01. The van der Waals surface area contributed by atoms with Crippen LogP contribution in [0.15, 0.2) is 28.7 Å². The van der Waals surface area contributed by atoms with Crippen LogP contribution in [0.2, 0.25) is 0 Å². The zero-order chi connectivity index (χ0) is 13.5. The lowest BCUT2D eigenvalue weighted by Crippen LogP contribution is -2.34. The Hall–Kier alpha value is -1.20.